The van der Waals surface area contributed by atoms with E-state index in [-0.39, 0.29) is 12.4 Å². The number of aliphatic hydroxyl groups excluding tert-OH is 2. The van der Waals surface area contributed by atoms with Gasteiger partial charge in [-0.1, -0.05) is 18.2 Å². The molecule has 0 aliphatic rings. The van der Waals surface area contributed by atoms with E-state index < -0.39 is 18.8 Å². The lowest BCUT2D eigenvalue weighted by Crippen LogP contribution is -2.29. The smallest absolute Gasteiger partial charge is 0.200 e. The Hall–Kier alpha value is -3.95. The number of ether oxygens (including phenoxy) is 6. The Morgan fingerprint density at radius 1 is 0.750 bits per heavy atom. The first-order chi connectivity index (χ1) is 17.4. The average molecular weight is 499 g/mol. The van der Waals surface area contributed by atoms with Gasteiger partial charge in [0.15, 0.2) is 53.0 Å². The van der Waals surface area contributed by atoms with Gasteiger partial charge in [-0.2, -0.15) is 0 Å². The van der Waals surface area contributed by atoms with Gasteiger partial charge in [0.1, 0.15) is 6.10 Å². The van der Waals surface area contributed by atoms with Crippen molar-refractivity contribution in [1.82, 2.24) is 0 Å². The van der Waals surface area contributed by atoms with Crippen LogP contribution in [0.5, 0.6) is 34.5 Å². The van der Waals surface area contributed by atoms with E-state index in [0.29, 0.717) is 45.6 Å². The number of carbonyl (C=O) groups excluding carboxylic acids is 1. The molecule has 36 heavy (non-hydrogen) atoms. The van der Waals surface area contributed by atoms with Crippen LogP contribution in [0.15, 0.2) is 60.7 Å². The number of rotatable bonds is 13. The van der Waals surface area contributed by atoms with Gasteiger partial charge in [0.25, 0.3) is 0 Å². The van der Waals surface area contributed by atoms with Crippen LogP contribution < -0.4 is 28.4 Å². The van der Waals surface area contributed by atoms with E-state index in [0.717, 1.165) is 0 Å². The van der Waals surface area contributed by atoms with Crippen LogP contribution in [-0.4, -0.2) is 63.8 Å². The molecule has 2 unspecified atom stereocenters. The molecule has 0 heterocycles. The molecule has 0 aliphatic heterocycles. The van der Waals surface area contributed by atoms with E-state index in [1.807, 2.05) is 0 Å². The number of Topliss-reactive ketones (excluding diaryl/α,β-unsaturated/α-hetero) is 1. The molecule has 0 fully saturated rings. The van der Waals surface area contributed by atoms with Crippen LogP contribution >= 0.6 is 0 Å². The second-order valence-corrected chi connectivity index (χ2v) is 7.63. The summed E-state index contributed by atoms with van der Waals surface area (Å²) < 4.78 is 32.6. The summed E-state index contributed by atoms with van der Waals surface area (Å²) >= 11 is 0. The van der Waals surface area contributed by atoms with Gasteiger partial charge in [-0.05, 0) is 48.0 Å². The largest absolute Gasteiger partial charge is 0.493 e. The molecule has 0 aliphatic carbocycles. The van der Waals surface area contributed by atoms with E-state index >= 15 is 0 Å². The normalized spacial score (nSPS) is 12.3. The SMILES string of the molecule is COc1ccc(C(=O)COc2ccc(C(O)C(CO)Oc3ccccc3OC)cc2OC)cc1OC. The molecule has 9 nitrogen and oxygen atoms in total. The zero-order valence-electron chi connectivity index (χ0n) is 20.6. The molecular formula is C27H30O9. The Morgan fingerprint density at radius 2 is 1.33 bits per heavy atom. The summed E-state index contributed by atoms with van der Waals surface area (Å²) in [5.74, 6) is 2.17. The van der Waals surface area contributed by atoms with Gasteiger partial charge in [-0.3, -0.25) is 4.79 Å². The molecule has 2 atom stereocenters. The summed E-state index contributed by atoms with van der Waals surface area (Å²) in [5, 5.41) is 20.7. The van der Waals surface area contributed by atoms with Crippen molar-refractivity contribution in [3.05, 3.63) is 71.8 Å². The third kappa shape index (κ3) is 6.18. The maximum atomic E-state index is 12.7. The number of benzene rings is 3. The quantitative estimate of drug-likeness (QED) is 0.342. The highest BCUT2D eigenvalue weighted by Gasteiger charge is 2.25. The van der Waals surface area contributed by atoms with Gasteiger partial charge in [-0.15, -0.1) is 0 Å². The summed E-state index contributed by atoms with van der Waals surface area (Å²) in [6, 6.07) is 16.6. The summed E-state index contributed by atoms with van der Waals surface area (Å²) in [6.07, 6.45) is -2.15. The minimum atomic E-state index is -1.18. The van der Waals surface area contributed by atoms with Crippen molar-refractivity contribution in [2.24, 2.45) is 0 Å². The van der Waals surface area contributed by atoms with Gasteiger partial charge in [0.2, 0.25) is 0 Å². The molecular weight excluding hydrogens is 468 g/mol. The Morgan fingerprint density at radius 3 is 1.97 bits per heavy atom. The molecule has 0 saturated carbocycles. The van der Waals surface area contributed by atoms with E-state index in [9.17, 15) is 15.0 Å². The number of carbonyl (C=O) groups is 1. The second-order valence-electron chi connectivity index (χ2n) is 7.63. The molecule has 3 aromatic carbocycles. The van der Waals surface area contributed by atoms with Crippen LogP contribution in [0.25, 0.3) is 0 Å². The number of hydrogen-bond acceptors (Lipinski definition) is 9. The second kappa shape index (κ2) is 12.7. The molecule has 0 radical (unpaired) electrons. The molecule has 0 spiro atoms. The first-order valence-electron chi connectivity index (χ1n) is 11.1. The maximum absolute atomic E-state index is 12.7. The van der Waals surface area contributed by atoms with Crippen molar-refractivity contribution in [2.75, 3.05) is 41.7 Å². The fraction of sp³-hybridized carbons (Fsp3) is 0.296. The van der Waals surface area contributed by atoms with Crippen LogP contribution in [0.4, 0.5) is 0 Å². The fourth-order valence-electron chi connectivity index (χ4n) is 3.52. The summed E-state index contributed by atoms with van der Waals surface area (Å²) in [4.78, 5) is 12.7. The van der Waals surface area contributed by atoms with Gasteiger partial charge >= 0.3 is 0 Å². The number of ketones is 1. The Kier molecular flexibility index (Phi) is 9.38. The van der Waals surface area contributed by atoms with Crippen LogP contribution in [0, 0.1) is 0 Å². The van der Waals surface area contributed by atoms with Crippen molar-refractivity contribution in [1.29, 1.82) is 0 Å². The van der Waals surface area contributed by atoms with Gasteiger partial charge in [0.05, 0.1) is 35.0 Å². The molecule has 0 saturated heterocycles. The van der Waals surface area contributed by atoms with Gasteiger partial charge in [-0.25, -0.2) is 0 Å². The topological polar surface area (TPSA) is 113 Å². The lowest BCUT2D eigenvalue weighted by Gasteiger charge is -2.24. The molecule has 3 aromatic rings. The molecule has 9 heteroatoms. The predicted molar refractivity (Wildman–Crippen MR) is 132 cm³/mol. The van der Waals surface area contributed by atoms with E-state index in [2.05, 4.69) is 0 Å². The molecule has 0 bridgehead atoms. The van der Waals surface area contributed by atoms with Crippen LogP contribution in [-0.2, 0) is 0 Å². The zero-order chi connectivity index (χ0) is 26.1. The van der Waals surface area contributed by atoms with Crippen LogP contribution in [0.1, 0.15) is 22.0 Å². The molecule has 2 N–H and O–H groups in total. The highest BCUT2D eigenvalue weighted by molar-refractivity contribution is 5.97. The highest BCUT2D eigenvalue weighted by atomic mass is 16.5. The number of hydrogen-bond donors (Lipinski definition) is 2. The van der Waals surface area contributed by atoms with Crippen molar-refractivity contribution in [3.8, 4) is 34.5 Å². The lowest BCUT2D eigenvalue weighted by molar-refractivity contribution is -0.000523. The Labute approximate surface area is 209 Å². The van der Waals surface area contributed by atoms with Crippen LogP contribution in [0.3, 0.4) is 0 Å². The highest BCUT2D eigenvalue weighted by Crippen LogP contribution is 2.34. The first kappa shape index (κ1) is 26.7. The minimum absolute atomic E-state index is 0.246. The van der Waals surface area contributed by atoms with E-state index in [1.165, 1.54) is 28.4 Å². The zero-order valence-corrected chi connectivity index (χ0v) is 20.6. The number of methoxy groups -OCH3 is 4. The fourth-order valence-corrected chi connectivity index (χ4v) is 3.52. The molecule has 0 aromatic heterocycles. The van der Waals surface area contributed by atoms with Crippen LogP contribution in [0.2, 0.25) is 0 Å². The molecule has 0 amide bonds. The first-order valence-corrected chi connectivity index (χ1v) is 11.1. The third-order valence-corrected chi connectivity index (χ3v) is 5.47. The Bertz CT molecular complexity index is 1160. The minimum Gasteiger partial charge on any atom is -0.493 e. The van der Waals surface area contributed by atoms with E-state index in [1.54, 1.807) is 60.7 Å². The number of aliphatic hydroxyl groups is 2. The Balaban J connectivity index is 1.72. The standard InChI is InChI=1S/C27H30O9/c1-31-20-7-5-6-8-23(20)36-26(15-28)27(30)18-10-12-22(25(14-18)34-4)35-16-19(29)17-9-11-21(32-2)24(13-17)33-3/h5-14,26-28,30H,15-16H2,1-4H3. The van der Waals surface area contributed by atoms with Crippen molar-refractivity contribution in [3.63, 3.8) is 0 Å². The van der Waals surface area contributed by atoms with Crippen molar-refractivity contribution >= 4 is 5.78 Å². The molecule has 3 rings (SSSR count). The lowest BCUT2D eigenvalue weighted by atomic mass is 10.0. The summed E-state index contributed by atoms with van der Waals surface area (Å²) in [5.41, 5.74) is 0.831. The average Bonchev–Trinajstić information content (AvgIpc) is 2.93. The van der Waals surface area contributed by atoms with Crippen molar-refractivity contribution in [2.45, 2.75) is 12.2 Å². The number of para-hydroxylation sites is 2. The monoisotopic (exact) mass is 498 g/mol. The van der Waals surface area contributed by atoms with Crippen molar-refractivity contribution < 1.29 is 43.4 Å². The maximum Gasteiger partial charge on any atom is 0.200 e. The summed E-state index contributed by atoms with van der Waals surface area (Å²) in [7, 11) is 5.96. The molecule has 192 valence electrons. The van der Waals surface area contributed by atoms with Gasteiger partial charge < -0.3 is 38.6 Å². The van der Waals surface area contributed by atoms with Gasteiger partial charge in [0, 0.05) is 5.56 Å². The predicted octanol–water partition coefficient (Wildman–Crippen LogP) is 3.46. The third-order valence-electron chi connectivity index (χ3n) is 5.47. The summed E-state index contributed by atoms with van der Waals surface area (Å²) in [6.45, 7) is -0.691. The van der Waals surface area contributed by atoms with E-state index in [4.69, 9.17) is 28.4 Å².